The smallest absolute Gasteiger partial charge is 0.164 e. The van der Waals surface area contributed by atoms with Crippen molar-refractivity contribution in [3.8, 4) is 17.1 Å². The van der Waals surface area contributed by atoms with Gasteiger partial charge in [0, 0.05) is 30.8 Å². The zero-order chi connectivity index (χ0) is 21.1. The van der Waals surface area contributed by atoms with Gasteiger partial charge in [-0.2, -0.15) is 0 Å². The molecule has 0 radical (unpaired) electrons. The van der Waals surface area contributed by atoms with Crippen LogP contribution in [-0.4, -0.2) is 62.7 Å². The fraction of sp³-hybridized carbons (Fsp3) is 0.400. The van der Waals surface area contributed by atoms with Gasteiger partial charge >= 0.3 is 0 Å². The van der Waals surface area contributed by atoms with E-state index in [0.717, 1.165) is 35.9 Å². The van der Waals surface area contributed by atoms with Gasteiger partial charge in [-0.15, -0.1) is 10.2 Å². The predicted octanol–water partition coefficient (Wildman–Crippen LogP) is 0.605. The summed E-state index contributed by atoms with van der Waals surface area (Å²) in [6.07, 6.45) is 1.16. The quantitative estimate of drug-likeness (QED) is 0.513. The molecule has 10 nitrogen and oxygen atoms in total. The van der Waals surface area contributed by atoms with E-state index < -0.39 is 6.10 Å². The number of nitrogens with one attached hydrogen (secondary N) is 1. The first-order chi connectivity index (χ1) is 14.5. The molecule has 1 aromatic carbocycles. The van der Waals surface area contributed by atoms with Crippen molar-refractivity contribution >= 4 is 11.6 Å². The van der Waals surface area contributed by atoms with Crippen LogP contribution in [0.2, 0.25) is 0 Å². The highest BCUT2D eigenvalue weighted by Gasteiger charge is 2.22. The van der Waals surface area contributed by atoms with E-state index in [1.54, 1.807) is 13.4 Å². The standard InChI is InChI=1S/C20H26N8O2/c1-13-18(21)24-19(14-4-3-5-16(8-14)30-11-15(29)9-22-2)25-20(13)27-6-7-28-12-23-26-17(28)10-27/h3-5,8,12,15,22,29H,6-7,9-11H2,1-2H3,(H2,21,24,25). The molecular weight excluding hydrogens is 384 g/mol. The lowest BCUT2D eigenvalue weighted by atomic mass is 10.2. The number of likely N-dealkylation sites (N-methyl/N-ethyl adjacent to an activating group) is 1. The third kappa shape index (κ3) is 4.19. The third-order valence-electron chi connectivity index (χ3n) is 5.07. The number of anilines is 2. The number of nitrogen functional groups attached to an aromatic ring is 1. The van der Waals surface area contributed by atoms with Crippen molar-refractivity contribution in [3.63, 3.8) is 0 Å². The number of fused-ring (bicyclic) bond motifs is 1. The van der Waals surface area contributed by atoms with Gasteiger partial charge in [0.1, 0.15) is 36.4 Å². The van der Waals surface area contributed by atoms with Crippen LogP contribution in [0.25, 0.3) is 11.4 Å². The second kappa shape index (κ2) is 8.64. The highest BCUT2D eigenvalue weighted by atomic mass is 16.5. The molecule has 1 aliphatic rings. The lowest BCUT2D eigenvalue weighted by Crippen LogP contribution is -2.35. The van der Waals surface area contributed by atoms with Gasteiger partial charge in [0.2, 0.25) is 0 Å². The van der Waals surface area contributed by atoms with Crippen LogP contribution in [0.15, 0.2) is 30.6 Å². The van der Waals surface area contributed by atoms with Crippen molar-refractivity contribution in [3.05, 3.63) is 42.0 Å². The first kappa shape index (κ1) is 20.0. The molecule has 0 amide bonds. The molecule has 0 spiro atoms. The first-order valence-corrected chi connectivity index (χ1v) is 9.86. The van der Waals surface area contributed by atoms with Crippen LogP contribution in [0.4, 0.5) is 11.6 Å². The Morgan fingerprint density at radius 3 is 3.00 bits per heavy atom. The maximum Gasteiger partial charge on any atom is 0.164 e. The minimum atomic E-state index is -0.585. The van der Waals surface area contributed by atoms with Crippen LogP contribution in [-0.2, 0) is 13.1 Å². The summed E-state index contributed by atoms with van der Waals surface area (Å²) in [5.41, 5.74) is 7.86. The maximum absolute atomic E-state index is 9.85. The zero-order valence-corrected chi connectivity index (χ0v) is 17.1. The summed E-state index contributed by atoms with van der Waals surface area (Å²) in [4.78, 5) is 11.5. The van der Waals surface area contributed by atoms with Gasteiger partial charge in [-0.1, -0.05) is 12.1 Å². The average molecular weight is 410 g/mol. The van der Waals surface area contributed by atoms with E-state index in [0.29, 0.717) is 30.5 Å². The van der Waals surface area contributed by atoms with Gasteiger partial charge in [0.25, 0.3) is 0 Å². The Morgan fingerprint density at radius 1 is 1.30 bits per heavy atom. The van der Waals surface area contributed by atoms with E-state index in [2.05, 4.69) is 25.4 Å². The van der Waals surface area contributed by atoms with Gasteiger partial charge in [-0.05, 0) is 26.1 Å². The van der Waals surface area contributed by atoms with E-state index in [1.165, 1.54) is 0 Å². The van der Waals surface area contributed by atoms with Crippen LogP contribution in [0, 0.1) is 6.92 Å². The van der Waals surface area contributed by atoms with E-state index in [9.17, 15) is 5.11 Å². The average Bonchev–Trinajstić information content (AvgIpc) is 3.22. The number of aromatic nitrogens is 5. The molecular formula is C20H26N8O2. The third-order valence-corrected chi connectivity index (χ3v) is 5.07. The molecule has 3 heterocycles. The lowest BCUT2D eigenvalue weighted by molar-refractivity contribution is 0.108. The Labute approximate surface area is 174 Å². The fourth-order valence-corrected chi connectivity index (χ4v) is 3.42. The molecule has 1 atom stereocenters. The topological polar surface area (TPSA) is 127 Å². The fourth-order valence-electron chi connectivity index (χ4n) is 3.42. The normalized spacial score (nSPS) is 14.4. The number of hydrogen-bond acceptors (Lipinski definition) is 9. The van der Waals surface area contributed by atoms with E-state index in [-0.39, 0.29) is 6.61 Å². The number of aliphatic hydroxyl groups is 1. The number of hydrogen-bond donors (Lipinski definition) is 3. The minimum Gasteiger partial charge on any atom is -0.491 e. The first-order valence-electron chi connectivity index (χ1n) is 9.86. The Kier molecular flexibility index (Phi) is 5.77. The summed E-state index contributed by atoms with van der Waals surface area (Å²) >= 11 is 0. The molecule has 1 aliphatic heterocycles. The van der Waals surface area contributed by atoms with Gasteiger partial charge in [-0.25, -0.2) is 9.97 Å². The summed E-state index contributed by atoms with van der Waals surface area (Å²) in [7, 11) is 1.78. The SMILES string of the molecule is CNCC(O)COc1cccc(-c2nc(N)c(C)c(N3CCn4cnnc4C3)n2)c1. The molecule has 158 valence electrons. The molecule has 0 saturated carbocycles. The van der Waals surface area contributed by atoms with E-state index in [1.807, 2.05) is 35.8 Å². The molecule has 1 unspecified atom stereocenters. The predicted molar refractivity (Wildman–Crippen MR) is 113 cm³/mol. The van der Waals surface area contributed by atoms with Crippen molar-refractivity contribution in [1.29, 1.82) is 0 Å². The van der Waals surface area contributed by atoms with Crippen LogP contribution in [0.1, 0.15) is 11.4 Å². The second-order valence-corrected chi connectivity index (χ2v) is 7.29. The molecule has 4 rings (SSSR count). The van der Waals surface area contributed by atoms with Crippen molar-refractivity contribution in [2.75, 3.05) is 37.4 Å². The summed E-state index contributed by atoms with van der Waals surface area (Å²) < 4.78 is 7.75. The van der Waals surface area contributed by atoms with Gasteiger partial charge in [0.05, 0.1) is 6.54 Å². The highest BCUT2D eigenvalue weighted by Crippen LogP contribution is 2.29. The number of nitrogens with zero attached hydrogens (tertiary/aromatic N) is 6. The largest absolute Gasteiger partial charge is 0.491 e. The highest BCUT2D eigenvalue weighted by molar-refractivity contribution is 5.66. The van der Waals surface area contributed by atoms with E-state index in [4.69, 9.17) is 15.5 Å². The van der Waals surface area contributed by atoms with Crippen molar-refractivity contribution in [1.82, 2.24) is 30.0 Å². The number of rotatable bonds is 7. The summed E-state index contributed by atoms with van der Waals surface area (Å²) in [6, 6.07) is 7.48. The molecule has 30 heavy (non-hydrogen) atoms. The maximum atomic E-state index is 9.85. The number of aliphatic hydroxyl groups excluding tert-OH is 1. The number of benzene rings is 1. The van der Waals surface area contributed by atoms with Crippen LogP contribution < -0.4 is 20.7 Å². The number of ether oxygens (including phenoxy) is 1. The lowest BCUT2D eigenvalue weighted by Gasteiger charge is -2.29. The Hall–Kier alpha value is -3.24. The monoisotopic (exact) mass is 410 g/mol. The minimum absolute atomic E-state index is 0.195. The molecule has 0 fully saturated rings. The molecule has 4 N–H and O–H groups in total. The zero-order valence-electron chi connectivity index (χ0n) is 17.1. The number of nitrogens with two attached hydrogens (primary N) is 1. The Bertz CT molecular complexity index is 1020. The molecule has 0 bridgehead atoms. The van der Waals surface area contributed by atoms with Crippen molar-refractivity contribution in [2.45, 2.75) is 26.1 Å². The Morgan fingerprint density at radius 2 is 2.17 bits per heavy atom. The van der Waals surface area contributed by atoms with Gasteiger partial charge < -0.3 is 30.4 Å². The van der Waals surface area contributed by atoms with Crippen molar-refractivity contribution < 1.29 is 9.84 Å². The molecule has 2 aromatic heterocycles. The second-order valence-electron chi connectivity index (χ2n) is 7.29. The van der Waals surface area contributed by atoms with Crippen LogP contribution in [0.5, 0.6) is 5.75 Å². The summed E-state index contributed by atoms with van der Waals surface area (Å²) in [6.45, 7) is 4.78. The van der Waals surface area contributed by atoms with Gasteiger partial charge in [-0.3, -0.25) is 0 Å². The summed E-state index contributed by atoms with van der Waals surface area (Å²) in [5.74, 6) is 3.30. The summed E-state index contributed by atoms with van der Waals surface area (Å²) in [5, 5.41) is 20.9. The molecule has 0 saturated heterocycles. The van der Waals surface area contributed by atoms with Crippen LogP contribution in [0.3, 0.4) is 0 Å². The molecule has 3 aromatic rings. The molecule has 10 heteroatoms. The molecule has 0 aliphatic carbocycles. The van der Waals surface area contributed by atoms with Crippen molar-refractivity contribution in [2.24, 2.45) is 0 Å². The van der Waals surface area contributed by atoms with E-state index >= 15 is 0 Å². The Balaban J connectivity index is 1.59. The van der Waals surface area contributed by atoms with Crippen LogP contribution >= 0.6 is 0 Å². The van der Waals surface area contributed by atoms with Gasteiger partial charge in [0.15, 0.2) is 11.6 Å².